The first kappa shape index (κ1) is 14.0. The maximum Gasteiger partial charge on any atom is 0.137 e. The van der Waals surface area contributed by atoms with E-state index in [0.29, 0.717) is 13.1 Å². The van der Waals surface area contributed by atoms with Gasteiger partial charge in [0.05, 0.1) is 11.8 Å². The molecule has 0 aliphatic carbocycles. The quantitative estimate of drug-likeness (QED) is 0.867. The molecular weight excluding hydrogens is 238 g/mol. The topological polar surface area (TPSA) is 49.6 Å². The Bertz CT molecular complexity index is 494. The molecule has 0 spiro atoms. The third kappa shape index (κ3) is 4.33. The van der Waals surface area contributed by atoms with Crippen molar-refractivity contribution in [3.05, 3.63) is 36.3 Å². The number of hydrogen-bond donors (Lipinski definition) is 2. The molecule has 0 bridgehead atoms. The Kier molecular flexibility index (Phi) is 4.22. The Morgan fingerprint density at radius 3 is 2.84 bits per heavy atom. The first-order valence-electron chi connectivity index (χ1n) is 6.75. The van der Waals surface area contributed by atoms with Crippen LogP contribution in [0.2, 0.25) is 0 Å². The van der Waals surface area contributed by atoms with E-state index >= 15 is 0 Å². The molecule has 0 fully saturated rings. The van der Waals surface area contributed by atoms with Crippen LogP contribution >= 0.6 is 0 Å². The van der Waals surface area contributed by atoms with Gasteiger partial charge in [-0.1, -0.05) is 26.8 Å². The summed E-state index contributed by atoms with van der Waals surface area (Å²) in [6.07, 6.45) is 4.49. The molecule has 1 atom stereocenters. The van der Waals surface area contributed by atoms with E-state index in [9.17, 15) is 5.11 Å². The second-order valence-electron chi connectivity index (χ2n) is 6.25. The van der Waals surface area contributed by atoms with E-state index < -0.39 is 0 Å². The molecule has 0 amide bonds. The summed E-state index contributed by atoms with van der Waals surface area (Å²) < 4.78 is 2.00. The number of rotatable bonds is 5. The molecule has 0 aliphatic rings. The van der Waals surface area contributed by atoms with Gasteiger partial charge in [0.15, 0.2) is 0 Å². The van der Waals surface area contributed by atoms with E-state index in [0.717, 1.165) is 17.8 Å². The minimum absolute atomic E-state index is 0.157. The van der Waals surface area contributed by atoms with Crippen LogP contribution in [0.4, 0.5) is 0 Å². The molecule has 104 valence electrons. The maximum atomic E-state index is 9.91. The summed E-state index contributed by atoms with van der Waals surface area (Å²) in [7, 11) is 0. The second-order valence-corrected chi connectivity index (χ2v) is 6.25. The van der Waals surface area contributed by atoms with Crippen LogP contribution in [0.3, 0.4) is 0 Å². The molecule has 1 unspecified atom stereocenters. The molecular formula is C15H23N3O. The molecule has 4 nitrogen and oxygen atoms in total. The fourth-order valence-electron chi connectivity index (χ4n) is 2.22. The van der Waals surface area contributed by atoms with E-state index in [-0.39, 0.29) is 11.5 Å². The summed E-state index contributed by atoms with van der Waals surface area (Å²) in [6, 6.07) is 5.95. The fourth-order valence-corrected chi connectivity index (χ4v) is 2.22. The van der Waals surface area contributed by atoms with Crippen molar-refractivity contribution in [1.29, 1.82) is 0 Å². The zero-order valence-electron chi connectivity index (χ0n) is 11.9. The number of hydrogen-bond acceptors (Lipinski definition) is 3. The SMILES string of the molecule is CC(C)(C)CC(O)CNCc1cn2ccccc2n1. The highest BCUT2D eigenvalue weighted by Crippen LogP contribution is 2.20. The van der Waals surface area contributed by atoms with Gasteiger partial charge in [0.25, 0.3) is 0 Å². The van der Waals surface area contributed by atoms with Crippen molar-refractivity contribution in [2.24, 2.45) is 5.41 Å². The largest absolute Gasteiger partial charge is 0.392 e. The number of nitrogens with zero attached hydrogens (tertiary/aromatic N) is 2. The zero-order valence-corrected chi connectivity index (χ0v) is 11.9. The van der Waals surface area contributed by atoms with Crippen LogP contribution in [-0.4, -0.2) is 27.1 Å². The van der Waals surface area contributed by atoms with E-state index in [1.165, 1.54) is 0 Å². The zero-order chi connectivity index (χ0) is 13.9. The van der Waals surface area contributed by atoms with Gasteiger partial charge >= 0.3 is 0 Å². The summed E-state index contributed by atoms with van der Waals surface area (Å²) in [5.41, 5.74) is 2.10. The Morgan fingerprint density at radius 2 is 2.16 bits per heavy atom. The third-order valence-corrected chi connectivity index (χ3v) is 2.95. The van der Waals surface area contributed by atoms with Crippen molar-refractivity contribution in [2.75, 3.05) is 6.54 Å². The number of nitrogens with one attached hydrogen (secondary N) is 1. The van der Waals surface area contributed by atoms with Crippen LogP contribution in [0.15, 0.2) is 30.6 Å². The highest BCUT2D eigenvalue weighted by Gasteiger charge is 2.16. The van der Waals surface area contributed by atoms with E-state index in [1.807, 2.05) is 35.0 Å². The molecule has 0 aliphatic heterocycles. The number of imidazole rings is 1. The van der Waals surface area contributed by atoms with Gasteiger partial charge in [0.2, 0.25) is 0 Å². The van der Waals surface area contributed by atoms with Crippen molar-refractivity contribution < 1.29 is 5.11 Å². The monoisotopic (exact) mass is 261 g/mol. The second kappa shape index (κ2) is 5.72. The van der Waals surface area contributed by atoms with Gasteiger partial charge in [0.1, 0.15) is 5.65 Å². The predicted molar refractivity (Wildman–Crippen MR) is 77.0 cm³/mol. The van der Waals surface area contributed by atoms with E-state index in [1.54, 1.807) is 0 Å². The number of aromatic nitrogens is 2. The lowest BCUT2D eigenvalue weighted by Crippen LogP contribution is -2.29. The average Bonchev–Trinajstić information content (AvgIpc) is 2.68. The lowest BCUT2D eigenvalue weighted by Gasteiger charge is -2.22. The first-order chi connectivity index (χ1) is 8.94. The van der Waals surface area contributed by atoms with Crippen LogP contribution < -0.4 is 5.32 Å². The molecule has 4 heteroatoms. The molecule has 2 aromatic rings. The Labute approximate surface area is 114 Å². The molecule has 0 radical (unpaired) electrons. The highest BCUT2D eigenvalue weighted by molar-refractivity contribution is 5.39. The number of pyridine rings is 1. The minimum atomic E-state index is -0.308. The number of aliphatic hydroxyl groups excluding tert-OH is 1. The fraction of sp³-hybridized carbons (Fsp3) is 0.533. The van der Waals surface area contributed by atoms with Crippen LogP contribution in [0.5, 0.6) is 0 Å². The van der Waals surface area contributed by atoms with Crippen LogP contribution in [-0.2, 0) is 6.54 Å². The Hall–Kier alpha value is -1.39. The van der Waals surface area contributed by atoms with Gasteiger partial charge in [-0.15, -0.1) is 0 Å². The van der Waals surface area contributed by atoms with Gasteiger partial charge in [0, 0.05) is 25.5 Å². The molecule has 19 heavy (non-hydrogen) atoms. The smallest absolute Gasteiger partial charge is 0.137 e. The molecule has 0 saturated heterocycles. The van der Waals surface area contributed by atoms with Crippen molar-refractivity contribution in [3.8, 4) is 0 Å². The van der Waals surface area contributed by atoms with Gasteiger partial charge in [-0.2, -0.15) is 0 Å². The lowest BCUT2D eigenvalue weighted by molar-refractivity contribution is 0.119. The third-order valence-electron chi connectivity index (χ3n) is 2.95. The summed E-state index contributed by atoms with van der Waals surface area (Å²) in [6.45, 7) is 7.70. The first-order valence-corrected chi connectivity index (χ1v) is 6.75. The molecule has 2 aromatic heterocycles. The summed E-state index contributed by atoms with van der Waals surface area (Å²) in [4.78, 5) is 4.50. The Balaban J connectivity index is 1.82. The summed E-state index contributed by atoms with van der Waals surface area (Å²) in [5, 5.41) is 13.2. The molecule has 0 aromatic carbocycles. The standard InChI is InChI=1S/C15H23N3O/c1-15(2,3)8-13(19)10-16-9-12-11-18-7-5-4-6-14(18)17-12/h4-7,11,13,16,19H,8-10H2,1-3H3. The van der Waals surface area contributed by atoms with Crippen molar-refractivity contribution in [3.63, 3.8) is 0 Å². The molecule has 2 heterocycles. The highest BCUT2D eigenvalue weighted by atomic mass is 16.3. The van der Waals surface area contributed by atoms with Crippen molar-refractivity contribution >= 4 is 5.65 Å². The van der Waals surface area contributed by atoms with Crippen molar-refractivity contribution in [1.82, 2.24) is 14.7 Å². The molecule has 0 saturated carbocycles. The minimum Gasteiger partial charge on any atom is -0.392 e. The van der Waals surface area contributed by atoms with E-state index in [4.69, 9.17) is 0 Å². The van der Waals surface area contributed by atoms with Crippen molar-refractivity contribution in [2.45, 2.75) is 39.8 Å². The summed E-state index contributed by atoms with van der Waals surface area (Å²) in [5.74, 6) is 0. The van der Waals surface area contributed by atoms with Crippen LogP contribution in [0, 0.1) is 5.41 Å². The number of aliphatic hydroxyl groups is 1. The van der Waals surface area contributed by atoms with Gasteiger partial charge in [-0.3, -0.25) is 0 Å². The molecule has 2 rings (SSSR count). The van der Waals surface area contributed by atoms with Crippen LogP contribution in [0.1, 0.15) is 32.9 Å². The van der Waals surface area contributed by atoms with Gasteiger partial charge in [-0.25, -0.2) is 4.98 Å². The number of fused-ring (bicyclic) bond motifs is 1. The normalized spacial score (nSPS) is 13.9. The summed E-state index contributed by atoms with van der Waals surface area (Å²) >= 11 is 0. The Morgan fingerprint density at radius 1 is 1.37 bits per heavy atom. The maximum absolute atomic E-state index is 9.91. The van der Waals surface area contributed by atoms with E-state index in [2.05, 4.69) is 31.1 Å². The van der Waals surface area contributed by atoms with Gasteiger partial charge < -0.3 is 14.8 Å². The molecule has 2 N–H and O–H groups in total. The average molecular weight is 261 g/mol. The predicted octanol–water partition coefficient (Wildman–Crippen LogP) is 2.22. The van der Waals surface area contributed by atoms with Gasteiger partial charge in [-0.05, 0) is 24.0 Å². The lowest BCUT2D eigenvalue weighted by atomic mass is 9.89. The van der Waals surface area contributed by atoms with Crippen LogP contribution in [0.25, 0.3) is 5.65 Å².